The van der Waals surface area contributed by atoms with Crippen molar-refractivity contribution in [3.05, 3.63) is 69.5 Å². The summed E-state index contributed by atoms with van der Waals surface area (Å²) in [5, 5.41) is 4.00. The quantitative estimate of drug-likeness (QED) is 0.274. The standard InChI is InChI=1S/C30H35F4N3O2/c1-6-20(9-13-28(38)27-15-21-14-22(31)10-12-26(21)37(27)5)16-36(4)17-25-19(3)8-11-24(23(25)7-2)29(39)35-18-30(32,33)34/h8,10-12,14-15,17,20H,3,6-7,9,13,16,18H2,1-2,4-5H3,(H,35,39)/b25-17+. The van der Waals surface area contributed by atoms with Gasteiger partial charge in [-0.05, 0) is 59.9 Å². The van der Waals surface area contributed by atoms with Crippen molar-refractivity contribution in [1.29, 1.82) is 0 Å². The Bertz CT molecular complexity index is 1460. The number of hydrogen-bond acceptors (Lipinski definition) is 3. The van der Waals surface area contributed by atoms with Gasteiger partial charge in [0.1, 0.15) is 12.4 Å². The molecule has 2 aromatic carbocycles. The van der Waals surface area contributed by atoms with Crippen LogP contribution in [0.1, 0.15) is 59.5 Å². The molecule has 1 aromatic heterocycles. The van der Waals surface area contributed by atoms with Crippen molar-refractivity contribution in [3.63, 3.8) is 0 Å². The van der Waals surface area contributed by atoms with Crippen LogP contribution in [-0.4, -0.2) is 47.5 Å². The van der Waals surface area contributed by atoms with Gasteiger partial charge in [0.2, 0.25) is 0 Å². The van der Waals surface area contributed by atoms with Gasteiger partial charge in [-0.1, -0.05) is 32.9 Å². The molecule has 0 fully saturated rings. The molecule has 3 rings (SSSR count). The summed E-state index contributed by atoms with van der Waals surface area (Å²) in [6, 6.07) is 9.32. The molecule has 0 aliphatic carbocycles. The third-order valence-electron chi connectivity index (χ3n) is 7.04. The highest BCUT2D eigenvalue weighted by Gasteiger charge is 2.28. The Hall–Kier alpha value is -3.62. The molecule has 9 heteroatoms. The van der Waals surface area contributed by atoms with Crippen LogP contribution in [0.3, 0.4) is 0 Å². The molecule has 0 radical (unpaired) electrons. The van der Waals surface area contributed by atoms with Gasteiger partial charge in [0.05, 0.1) is 5.69 Å². The molecule has 3 aromatic rings. The number of aromatic nitrogens is 1. The van der Waals surface area contributed by atoms with Crippen LogP contribution in [0.25, 0.3) is 23.7 Å². The van der Waals surface area contributed by atoms with Gasteiger partial charge in [0, 0.05) is 54.9 Å². The van der Waals surface area contributed by atoms with Crippen LogP contribution in [-0.2, 0) is 13.5 Å². The van der Waals surface area contributed by atoms with E-state index in [0.29, 0.717) is 52.9 Å². The van der Waals surface area contributed by atoms with Crippen LogP contribution in [0, 0.1) is 11.7 Å². The lowest BCUT2D eigenvalue weighted by Crippen LogP contribution is -2.38. The third-order valence-corrected chi connectivity index (χ3v) is 7.04. The maximum absolute atomic E-state index is 13.6. The number of amides is 1. The Balaban J connectivity index is 1.74. The lowest BCUT2D eigenvalue weighted by molar-refractivity contribution is -0.123. The Labute approximate surface area is 225 Å². The van der Waals surface area contributed by atoms with Crippen molar-refractivity contribution in [3.8, 4) is 0 Å². The molecule has 5 nitrogen and oxygen atoms in total. The zero-order valence-corrected chi connectivity index (χ0v) is 22.8. The van der Waals surface area contributed by atoms with E-state index in [4.69, 9.17) is 0 Å². The van der Waals surface area contributed by atoms with E-state index in [1.54, 1.807) is 29.8 Å². The first-order valence-electron chi connectivity index (χ1n) is 13.0. The molecule has 210 valence electrons. The minimum atomic E-state index is -4.49. The second-order valence-electron chi connectivity index (χ2n) is 9.91. The summed E-state index contributed by atoms with van der Waals surface area (Å²) in [5.41, 5.74) is 2.16. The number of ketones is 1. The smallest absolute Gasteiger partial charge is 0.380 e. The summed E-state index contributed by atoms with van der Waals surface area (Å²) < 4.78 is 53.2. The van der Waals surface area contributed by atoms with Crippen LogP contribution >= 0.6 is 0 Å². The van der Waals surface area contributed by atoms with Gasteiger partial charge in [-0.2, -0.15) is 13.2 Å². The number of Topliss-reactive ketones (excluding diaryl/α,β-unsaturated/α-hetero) is 1. The van der Waals surface area contributed by atoms with Gasteiger partial charge in [-0.3, -0.25) is 9.59 Å². The normalized spacial score (nSPS) is 13.1. The molecule has 1 unspecified atom stereocenters. The maximum Gasteiger partial charge on any atom is 0.405 e. The van der Waals surface area contributed by atoms with Crippen molar-refractivity contribution in [1.82, 2.24) is 14.8 Å². The number of nitrogens with one attached hydrogen (secondary N) is 1. The summed E-state index contributed by atoms with van der Waals surface area (Å²) in [4.78, 5) is 27.5. The molecule has 1 atom stereocenters. The number of benzene rings is 2. The molecular formula is C30H35F4N3O2. The Morgan fingerprint density at radius 1 is 1.15 bits per heavy atom. The molecule has 0 saturated heterocycles. The highest BCUT2D eigenvalue weighted by molar-refractivity contribution is 6.00. The molecule has 39 heavy (non-hydrogen) atoms. The lowest BCUT2D eigenvalue weighted by Gasteiger charge is -2.22. The molecule has 1 amide bonds. The number of carbonyl (C=O) groups excluding carboxylic acids is 2. The van der Waals surface area contributed by atoms with E-state index in [0.717, 1.165) is 11.9 Å². The lowest BCUT2D eigenvalue weighted by atomic mass is 9.97. The second kappa shape index (κ2) is 12.5. The number of hydrogen-bond donors (Lipinski definition) is 1. The summed E-state index contributed by atoms with van der Waals surface area (Å²) in [6.45, 7) is 7.19. The van der Waals surface area contributed by atoms with E-state index < -0.39 is 18.6 Å². The van der Waals surface area contributed by atoms with E-state index in [9.17, 15) is 27.2 Å². The van der Waals surface area contributed by atoms with E-state index in [-0.39, 0.29) is 23.1 Å². The average molecular weight is 546 g/mol. The third kappa shape index (κ3) is 7.49. The predicted molar refractivity (Wildman–Crippen MR) is 146 cm³/mol. The number of halogens is 4. The number of nitrogens with zero attached hydrogens (tertiary/aromatic N) is 2. The Morgan fingerprint density at radius 2 is 1.87 bits per heavy atom. The zero-order valence-electron chi connectivity index (χ0n) is 22.8. The maximum atomic E-state index is 13.6. The number of rotatable bonds is 11. The van der Waals surface area contributed by atoms with E-state index in [2.05, 4.69) is 13.5 Å². The topological polar surface area (TPSA) is 54.3 Å². The number of alkyl halides is 3. The Kier molecular flexibility index (Phi) is 9.59. The van der Waals surface area contributed by atoms with Crippen LogP contribution in [0.2, 0.25) is 0 Å². The summed E-state index contributed by atoms with van der Waals surface area (Å²) in [7, 11) is 3.69. The number of carbonyl (C=O) groups is 2. The van der Waals surface area contributed by atoms with Crippen LogP contribution < -0.4 is 15.8 Å². The molecule has 1 heterocycles. The fraction of sp³-hybridized carbons (Fsp3) is 0.400. The highest BCUT2D eigenvalue weighted by Crippen LogP contribution is 2.23. The average Bonchev–Trinajstić information content (AvgIpc) is 3.20. The molecule has 0 bridgehead atoms. The highest BCUT2D eigenvalue weighted by atomic mass is 19.4. The van der Waals surface area contributed by atoms with E-state index in [1.807, 2.05) is 30.4 Å². The van der Waals surface area contributed by atoms with Crippen molar-refractivity contribution in [2.75, 3.05) is 20.1 Å². The van der Waals surface area contributed by atoms with E-state index >= 15 is 0 Å². The zero-order chi connectivity index (χ0) is 28.9. The van der Waals surface area contributed by atoms with Gasteiger partial charge in [0.25, 0.3) is 5.91 Å². The fourth-order valence-electron chi connectivity index (χ4n) is 4.90. The molecule has 0 aliphatic rings. The number of aryl methyl sites for hydroxylation is 1. The minimum absolute atomic E-state index is 0.00919. The molecule has 1 N–H and O–H groups in total. The summed E-state index contributed by atoms with van der Waals surface area (Å²) >= 11 is 0. The van der Waals surface area contributed by atoms with Gasteiger partial charge in [0.15, 0.2) is 5.78 Å². The van der Waals surface area contributed by atoms with Crippen molar-refractivity contribution >= 4 is 35.4 Å². The van der Waals surface area contributed by atoms with Crippen molar-refractivity contribution in [2.45, 2.75) is 45.7 Å². The molecule has 0 saturated carbocycles. The van der Waals surface area contributed by atoms with Gasteiger partial charge < -0.3 is 14.8 Å². The first-order valence-corrected chi connectivity index (χ1v) is 13.0. The number of fused-ring (bicyclic) bond motifs is 1. The monoisotopic (exact) mass is 545 g/mol. The van der Waals surface area contributed by atoms with Gasteiger partial charge in [-0.15, -0.1) is 0 Å². The van der Waals surface area contributed by atoms with Crippen LogP contribution in [0.15, 0.2) is 36.4 Å². The SMILES string of the molecule is C=c1ccc(C(=O)NCC(F)(F)F)c(CC)/c1=C/N(C)CC(CC)CCC(=O)c1cc2cc(F)ccc2n1C. The van der Waals surface area contributed by atoms with Crippen LogP contribution in [0.4, 0.5) is 17.6 Å². The minimum Gasteiger partial charge on any atom is -0.380 e. The van der Waals surface area contributed by atoms with Crippen molar-refractivity contribution in [2.24, 2.45) is 13.0 Å². The summed E-state index contributed by atoms with van der Waals surface area (Å²) in [5.74, 6) is -0.937. The summed E-state index contributed by atoms with van der Waals surface area (Å²) in [6.07, 6.45) is -0.353. The molecule has 0 aliphatic heterocycles. The van der Waals surface area contributed by atoms with Gasteiger partial charge >= 0.3 is 6.18 Å². The molecular weight excluding hydrogens is 510 g/mol. The van der Waals surface area contributed by atoms with Crippen LogP contribution in [0.5, 0.6) is 0 Å². The Morgan fingerprint density at radius 3 is 2.51 bits per heavy atom. The second-order valence-corrected chi connectivity index (χ2v) is 9.91. The first-order chi connectivity index (χ1) is 18.3. The molecule has 0 spiro atoms. The predicted octanol–water partition coefficient (Wildman–Crippen LogP) is 4.94. The van der Waals surface area contributed by atoms with E-state index in [1.165, 1.54) is 18.2 Å². The van der Waals surface area contributed by atoms with Gasteiger partial charge in [-0.25, -0.2) is 4.39 Å². The van der Waals surface area contributed by atoms with Crippen molar-refractivity contribution < 1.29 is 27.2 Å². The first kappa shape index (κ1) is 29.9. The largest absolute Gasteiger partial charge is 0.405 e. The fourth-order valence-corrected chi connectivity index (χ4v) is 4.90.